The molecule has 0 radical (unpaired) electrons. The van der Waals surface area contributed by atoms with Crippen LogP contribution in [-0.4, -0.2) is 36.6 Å². The van der Waals surface area contributed by atoms with Crippen LogP contribution in [0.5, 0.6) is 0 Å². The van der Waals surface area contributed by atoms with E-state index in [4.69, 9.17) is 0 Å². The van der Waals surface area contributed by atoms with E-state index in [2.05, 4.69) is 17.1 Å². The van der Waals surface area contributed by atoms with Crippen LogP contribution in [0.4, 0.5) is 0 Å². The normalized spacial score (nSPS) is 30.2. The minimum atomic E-state index is 0.829. The lowest BCUT2D eigenvalue weighted by molar-refractivity contribution is 0.221. The standard InChI is InChI=1S/C13H26N2/c1-2-3-4-5-6-7-8-15-11-12-9-13(15)10-14-12/h12-14H,2-11H2,1H3/t12-,13-/m0/s1. The Morgan fingerprint density at radius 3 is 2.60 bits per heavy atom. The van der Waals surface area contributed by atoms with Gasteiger partial charge in [-0.3, -0.25) is 4.90 Å². The molecule has 2 heteroatoms. The van der Waals surface area contributed by atoms with Gasteiger partial charge in [0.05, 0.1) is 0 Å². The van der Waals surface area contributed by atoms with Crippen molar-refractivity contribution in [1.29, 1.82) is 0 Å². The molecule has 0 aromatic rings. The number of likely N-dealkylation sites (tertiary alicyclic amines) is 1. The zero-order valence-corrected chi connectivity index (χ0v) is 10.2. The second-order valence-corrected chi connectivity index (χ2v) is 5.26. The topological polar surface area (TPSA) is 15.3 Å². The van der Waals surface area contributed by atoms with E-state index in [9.17, 15) is 0 Å². The van der Waals surface area contributed by atoms with Crippen LogP contribution in [0.3, 0.4) is 0 Å². The van der Waals surface area contributed by atoms with Crippen LogP contribution >= 0.6 is 0 Å². The van der Waals surface area contributed by atoms with E-state index >= 15 is 0 Å². The van der Waals surface area contributed by atoms with Gasteiger partial charge in [0.2, 0.25) is 0 Å². The number of fused-ring (bicyclic) bond motifs is 2. The van der Waals surface area contributed by atoms with E-state index in [1.807, 2.05) is 0 Å². The van der Waals surface area contributed by atoms with Gasteiger partial charge in [0.15, 0.2) is 0 Å². The Kier molecular flexibility index (Phi) is 4.45. The van der Waals surface area contributed by atoms with Gasteiger partial charge in [-0.15, -0.1) is 0 Å². The third-order valence-corrected chi connectivity index (χ3v) is 3.97. The minimum absolute atomic E-state index is 0.829. The van der Waals surface area contributed by atoms with E-state index in [0.29, 0.717) is 0 Å². The summed E-state index contributed by atoms with van der Waals surface area (Å²) in [6.07, 6.45) is 9.97. The molecule has 2 aliphatic rings. The van der Waals surface area contributed by atoms with Gasteiger partial charge in [-0.25, -0.2) is 0 Å². The molecule has 88 valence electrons. The van der Waals surface area contributed by atoms with Gasteiger partial charge in [0, 0.05) is 25.2 Å². The zero-order valence-electron chi connectivity index (χ0n) is 10.2. The predicted octanol–water partition coefficient (Wildman–Crippen LogP) is 2.39. The van der Waals surface area contributed by atoms with E-state index in [1.165, 1.54) is 64.6 Å². The second kappa shape index (κ2) is 5.86. The summed E-state index contributed by atoms with van der Waals surface area (Å²) in [7, 11) is 0. The summed E-state index contributed by atoms with van der Waals surface area (Å²) in [4.78, 5) is 2.71. The molecule has 0 amide bonds. The predicted molar refractivity (Wildman–Crippen MR) is 65.1 cm³/mol. The average molecular weight is 210 g/mol. The first kappa shape index (κ1) is 11.4. The summed E-state index contributed by atoms with van der Waals surface area (Å²) < 4.78 is 0. The maximum absolute atomic E-state index is 3.56. The number of nitrogens with zero attached hydrogens (tertiary/aromatic N) is 1. The molecule has 2 saturated heterocycles. The zero-order chi connectivity index (χ0) is 10.5. The van der Waals surface area contributed by atoms with E-state index in [0.717, 1.165) is 12.1 Å². The highest BCUT2D eigenvalue weighted by atomic mass is 15.3. The van der Waals surface area contributed by atoms with Crippen LogP contribution < -0.4 is 5.32 Å². The molecule has 1 N–H and O–H groups in total. The van der Waals surface area contributed by atoms with Crippen molar-refractivity contribution in [3.63, 3.8) is 0 Å². The SMILES string of the molecule is CCCCCCCCN1C[C@@H]2C[C@H]1CN2. The van der Waals surface area contributed by atoms with Crippen molar-refractivity contribution in [2.45, 2.75) is 64.0 Å². The third kappa shape index (κ3) is 3.18. The van der Waals surface area contributed by atoms with E-state index in [-0.39, 0.29) is 0 Å². The van der Waals surface area contributed by atoms with Crippen molar-refractivity contribution in [2.24, 2.45) is 0 Å². The van der Waals surface area contributed by atoms with Crippen LogP contribution in [0.2, 0.25) is 0 Å². The number of hydrogen-bond acceptors (Lipinski definition) is 2. The molecule has 0 aliphatic carbocycles. The number of unbranched alkanes of at least 4 members (excludes halogenated alkanes) is 5. The van der Waals surface area contributed by atoms with Gasteiger partial charge in [-0.05, 0) is 19.4 Å². The highest BCUT2D eigenvalue weighted by Crippen LogP contribution is 2.23. The lowest BCUT2D eigenvalue weighted by Crippen LogP contribution is -2.43. The molecule has 0 spiro atoms. The van der Waals surface area contributed by atoms with Crippen molar-refractivity contribution in [1.82, 2.24) is 10.2 Å². The summed E-state index contributed by atoms with van der Waals surface area (Å²) in [6, 6.07) is 1.71. The molecule has 2 bridgehead atoms. The lowest BCUT2D eigenvalue weighted by Gasteiger charge is -2.27. The van der Waals surface area contributed by atoms with Crippen LogP contribution in [0.25, 0.3) is 0 Å². The van der Waals surface area contributed by atoms with Gasteiger partial charge in [-0.1, -0.05) is 39.0 Å². The Morgan fingerprint density at radius 2 is 1.93 bits per heavy atom. The Balaban J connectivity index is 1.48. The molecular formula is C13H26N2. The number of rotatable bonds is 7. The number of piperazine rings is 1. The number of hydrogen-bond donors (Lipinski definition) is 1. The van der Waals surface area contributed by atoms with Crippen molar-refractivity contribution < 1.29 is 0 Å². The first-order valence-corrected chi connectivity index (χ1v) is 6.87. The molecule has 0 aromatic heterocycles. The van der Waals surface area contributed by atoms with Gasteiger partial charge in [0.1, 0.15) is 0 Å². The summed E-state index contributed by atoms with van der Waals surface area (Å²) in [5, 5.41) is 3.56. The van der Waals surface area contributed by atoms with E-state index < -0.39 is 0 Å². The van der Waals surface area contributed by atoms with Gasteiger partial charge < -0.3 is 5.32 Å². The molecule has 0 aromatic carbocycles. The summed E-state index contributed by atoms with van der Waals surface area (Å²) in [5.41, 5.74) is 0. The quantitative estimate of drug-likeness (QED) is 0.649. The highest BCUT2D eigenvalue weighted by Gasteiger charge is 2.36. The molecule has 2 rings (SSSR count). The molecule has 15 heavy (non-hydrogen) atoms. The van der Waals surface area contributed by atoms with Crippen LogP contribution in [0.15, 0.2) is 0 Å². The Labute approximate surface area is 94.4 Å². The van der Waals surface area contributed by atoms with Crippen molar-refractivity contribution in [2.75, 3.05) is 19.6 Å². The van der Waals surface area contributed by atoms with Crippen LogP contribution in [0, 0.1) is 0 Å². The fourth-order valence-corrected chi connectivity index (χ4v) is 3.02. The third-order valence-electron chi connectivity index (χ3n) is 3.97. The Morgan fingerprint density at radius 1 is 1.13 bits per heavy atom. The monoisotopic (exact) mass is 210 g/mol. The highest BCUT2D eigenvalue weighted by molar-refractivity contribution is 4.96. The Bertz CT molecular complexity index is 181. The fourth-order valence-electron chi connectivity index (χ4n) is 3.02. The molecule has 0 saturated carbocycles. The maximum atomic E-state index is 3.56. The molecule has 2 fully saturated rings. The molecule has 2 nitrogen and oxygen atoms in total. The van der Waals surface area contributed by atoms with Crippen LogP contribution in [0.1, 0.15) is 51.9 Å². The summed E-state index contributed by atoms with van der Waals surface area (Å²) in [5.74, 6) is 0. The summed E-state index contributed by atoms with van der Waals surface area (Å²) >= 11 is 0. The lowest BCUT2D eigenvalue weighted by atomic mass is 10.1. The molecule has 2 heterocycles. The first-order chi connectivity index (χ1) is 7.40. The molecular weight excluding hydrogens is 184 g/mol. The fraction of sp³-hybridized carbons (Fsp3) is 1.00. The Hall–Kier alpha value is -0.0800. The first-order valence-electron chi connectivity index (χ1n) is 6.87. The second-order valence-electron chi connectivity index (χ2n) is 5.26. The van der Waals surface area contributed by atoms with Gasteiger partial charge in [-0.2, -0.15) is 0 Å². The van der Waals surface area contributed by atoms with Gasteiger partial charge in [0.25, 0.3) is 0 Å². The largest absolute Gasteiger partial charge is 0.311 e. The molecule has 2 aliphatic heterocycles. The van der Waals surface area contributed by atoms with Gasteiger partial charge >= 0.3 is 0 Å². The summed E-state index contributed by atoms with van der Waals surface area (Å²) in [6.45, 7) is 6.21. The smallest absolute Gasteiger partial charge is 0.0236 e. The van der Waals surface area contributed by atoms with E-state index in [1.54, 1.807) is 0 Å². The van der Waals surface area contributed by atoms with Crippen molar-refractivity contribution in [3.8, 4) is 0 Å². The van der Waals surface area contributed by atoms with Crippen molar-refractivity contribution in [3.05, 3.63) is 0 Å². The number of nitrogens with one attached hydrogen (secondary N) is 1. The van der Waals surface area contributed by atoms with Crippen molar-refractivity contribution >= 4 is 0 Å². The molecule has 0 unspecified atom stereocenters. The minimum Gasteiger partial charge on any atom is -0.311 e. The average Bonchev–Trinajstić information content (AvgIpc) is 2.85. The molecule has 2 atom stereocenters. The maximum Gasteiger partial charge on any atom is 0.0236 e. The van der Waals surface area contributed by atoms with Crippen LogP contribution in [-0.2, 0) is 0 Å².